The van der Waals surface area contributed by atoms with Crippen molar-refractivity contribution in [3.63, 3.8) is 0 Å². The Morgan fingerprint density at radius 1 is 1.25 bits per heavy atom. The minimum atomic E-state index is -0.701. The van der Waals surface area contributed by atoms with Crippen molar-refractivity contribution in [1.29, 1.82) is 5.26 Å². The van der Waals surface area contributed by atoms with Gasteiger partial charge in [0, 0.05) is 19.1 Å². The first-order valence-corrected chi connectivity index (χ1v) is 5.97. The van der Waals surface area contributed by atoms with Gasteiger partial charge >= 0.3 is 5.69 Å². The van der Waals surface area contributed by atoms with Gasteiger partial charge in [0.1, 0.15) is 11.8 Å². The van der Waals surface area contributed by atoms with Gasteiger partial charge in [-0.05, 0) is 18.2 Å². The van der Waals surface area contributed by atoms with E-state index < -0.39 is 11.2 Å². The van der Waals surface area contributed by atoms with Crippen LogP contribution in [0.5, 0.6) is 11.6 Å². The highest BCUT2D eigenvalue weighted by atomic mass is 35.5. The van der Waals surface area contributed by atoms with E-state index in [9.17, 15) is 9.59 Å². The van der Waals surface area contributed by atoms with Gasteiger partial charge in [0.25, 0.3) is 5.56 Å². The Kier molecular flexibility index (Phi) is 3.63. The average Bonchev–Trinajstić information content (AvgIpc) is 2.43. The topological polar surface area (TPSA) is 77.0 Å². The maximum atomic E-state index is 11.9. The summed E-state index contributed by atoms with van der Waals surface area (Å²) in [6, 6.07) is 8.19. The molecular weight excluding hydrogens is 282 g/mol. The van der Waals surface area contributed by atoms with E-state index in [4.69, 9.17) is 21.6 Å². The van der Waals surface area contributed by atoms with Gasteiger partial charge in [0.2, 0.25) is 5.88 Å². The molecule has 0 aliphatic heterocycles. The van der Waals surface area contributed by atoms with E-state index >= 15 is 0 Å². The molecular formula is C13H10ClN3O3. The van der Waals surface area contributed by atoms with Crippen molar-refractivity contribution in [2.24, 2.45) is 14.1 Å². The first kappa shape index (κ1) is 13.9. The quantitative estimate of drug-likeness (QED) is 0.838. The van der Waals surface area contributed by atoms with Gasteiger partial charge < -0.3 is 4.74 Å². The normalized spacial score (nSPS) is 10.1. The minimum Gasteiger partial charge on any atom is -0.439 e. The van der Waals surface area contributed by atoms with Crippen molar-refractivity contribution in [3.8, 4) is 17.7 Å². The molecule has 1 aromatic carbocycles. The molecule has 0 aliphatic carbocycles. The van der Waals surface area contributed by atoms with E-state index in [0.29, 0.717) is 10.8 Å². The van der Waals surface area contributed by atoms with Gasteiger partial charge in [0.05, 0.1) is 0 Å². The number of aromatic nitrogens is 2. The molecule has 0 bridgehead atoms. The SMILES string of the molecule is Cn1c(Oc2cccc(Cl)c2)c(C#N)c(=O)n(C)c1=O. The predicted molar refractivity (Wildman–Crippen MR) is 73.2 cm³/mol. The van der Waals surface area contributed by atoms with Gasteiger partial charge in [0.15, 0.2) is 5.56 Å². The summed E-state index contributed by atoms with van der Waals surface area (Å²) in [5, 5.41) is 9.53. The largest absolute Gasteiger partial charge is 0.439 e. The van der Waals surface area contributed by atoms with Crippen molar-refractivity contribution >= 4 is 11.6 Å². The van der Waals surface area contributed by atoms with E-state index in [0.717, 1.165) is 9.13 Å². The molecule has 2 aromatic rings. The van der Waals surface area contributed by atoms with Crippen LogP contribution < -0.4 is 16.0 Å². The Labute approximate surface area is 119 Å². The molecule has 102 valence electrons. The van der Waals surface area contributed by atoms with Crippen molar-refractivity contribution in [3.05, 3.63) is 55.7 Å². The highest BCUT2D eigenvalue weighted by Gasteiger charge is 2.17. The first-order chi connectivity index (χ1) is 9.45. The molecule has 0 saturated carbocycles. The second-order valence-electron chi connectivity index (χ2n) is 4.06. The third kappa shape index (κ3) is 2.31. The van der Waals surface area contributed by atoms with Crippen LogP contribution in [0.15, 0.2) is 33.9 Å². The van der Waals surface area contributed by atoms with Crippen LogP contribution >= 0.6 is 11.6 Å². The van der Waals surface area contributed by atoms with E-state index in [-0.39, 0.29) is 11.4 Å². The summed E-state index contributed by atoms with van der Waals surface area (Å²) in [6.45, 7) is 0. The molecule has 0 N–H and O–H groups in total. The second kappa shape index (κ2) is 5.23. The standard InChI is InChI=1S/C13H10ClN3O3/c1-16-11(18)10(7-15)12(17(2)13(16)19)20-9-5-3-4-8(14)6-9/h3-6H,1-2H3. The second-order valence-corrected chi connectivity index (χ2v) is 4.49. The highest BCUT2D eigenvalue weighted by molar-refractivity contribution is 6.30. The summed E-state index contributed by atoms with van der Waals surface area (Å²) in [4.78, 5) is 23.7. The molecule has 0 radical (unpaired) electrons. The monoisotopic (exact) mass is 291 g/mol. The van der Waals surface area contributed by atoms with Crippen LogP contribution in [0.3, 0.4) is 0 Å². The van der Waals surface area contributed by atoms with Gasteiger partial charge in [-0.2, -0.15) is 5.26 Å². The van der Waals surface area contributed by atoms with Crippen LogP contribution in [0, 0.1) is 11.3 Å². The number of hydrogen-bond donors (Lipinski definition) is 0. The van der Waals surface area contributed by atoms with Crippen molar-refractivity contribution in [2.75, 3.05) is 0 Å². The van der Waals surface area contributed by atoms with Crippen LogP contribution in [0.2, 0.25) is 5.02 Å². The Morgan fingerprint density at radius 2 is 1.95 bits per heavy atom. The lowest BCUT2D eigenvalue weighted by atomic mass is 10.3. The molecule has 0 aliphatic rings. The lowest BCUT2D eigenvalue weighted by Crippen LogP contribution is -2.38. The maximum Gasteiger partial charge on any atom is 0.333 e. The Hall–Kier alpha value is -2.52. The molecule has 0 saturated heterocycles. The first-order valence-electron chi connectivity index (χ1n) is 5.59. The van der Waals surface area contributed by atoms with Gasteiger partial charge in [-0.25, -0.2) is 4.79 Å². The molecule has 0 fully saturated rings. The summed E-state index contributed by atoms with van der Waals surface area (Å²) < 4.78 is 7.42. The predicted octanol–water partition coefficient (Wildman–Crippen LogP) is 1.40. The van der Waals surface area contributed by atoms with Crippen LogP contribution in [-0.4, -0.2) is 9.13 Å². The van der Waals surface area contributed by atoms with E-state index in [1.165, 1.54) is 20.2 Å². The fourth-order valence-corrected chi connectivity index (χ4v) is 1.86. The fourth-order valence-electron chi connectivity index (χ4n) is 1.68. The lowest BCUT2D eigenvalue weighted by molar-refractivity contribution is 0.421. The maximum absolute atomic E-state index is 11.9. The number of nitrogens with zero attached hydrogens (tertiary/aromatic N) is 3. The molecule has 0 amide bonds. The molecule has 0 atom stereocenters. The molecule has 0 unspecified atom stereocenters. The number of rotatable bonds is 2. The van der Waals surface area contributed by atoms with Gasteiger partial charge in [-0.3, -0.25) is 13.9 Å². The summed E-state index contributed by atoms with van der Waals surface area (Å²) in [6.07, 6.45) is 0. The molecule has 20 heavy (non-hydrogen) atoms. The Balaban J connectivity index is 2.66. The Morgan fingerprint density at radius 3 is 2.55 bits per heavy atom. The number of hydrogen-bond acceptors (Lipinski definition) is 4. The molecule has 7 heteroatoms. The van der Waals surface area contributed by atoms with Gasteiger partial charge in [-0.15, -0.1) is 0 Å². The molecule has 1 aromatic heterocycles. The summed E-state index contributed by atoms with van der Waals surface area (Å²) in [5.41, 5.74) is -1.52. The third-order valence-electron chi connectivity index (χ3n) is 2.73. The van der Waals surface area contributed by atoms with Crippen LogP contribution in [0.25, 0.3) is 0 Å². The van der Waals surface area contributed by atoms with Crippen molar-refractivity contribution in [1.82, 2.24) is 9.13 Å². The lowest BCUT2D eigenvalue weighted by Gasteiger charge is -2.12. The summed E-state index contributed by atoms with van der Waals surface area (Å²) in [5.74, 6) is 0.222. The third-order valence-corrected chi connectivity index (χ3v) is 2.97. The van der Waals surface area contributed by atoms with Gasteiger partial charge in [-0.1, -0.05) is 17.7 Å². The fraction of sp³-hybridized carbons (Fsp3) is 0.154. The van der Waals surface area contributed by atoms with E-state index in [1.54, 1.807) is 24.3 Å². The minimum absolute atomic E-state index is 0.108. The van der Waals surface area contributed by atoms with E-state index in [1.807, 2.05) is 0 Å². The number of halogens is 1. The molecule has 2 rings (SSSR count). The average molecular weight is 292 g/mol. The number of benzene rings is 1. The Bertz CT molecular complexity index is 830. The van der Waals surface area contributed by atoms with Crippen molar-refractivity contribution in [2.45, 2.75) is 0 Å². The van der Waals surface area contributed by atoms with Crippen LogP contribution in [0.1, 0.15) is 5.56 Å². The summed E-state index contributed by atoms with van der Waals surface area (Å²) >= 11 is 5.83. The van der Waals surface area contributed by atoms with Crippen LogP contribution in [-0.2, 0) is 14.1 Å². The van der Waals surface area contributed by atoms with Crippen molar-refractivity contribution < 1.29 is 4.74 Å². The smallest absolute Gasteiger partial charge is 0.333 e. The zero-order valence-electron chi connectivity index (χ0n) is 10.8. The molecule has 0 spiro atoms. The highest BCUT2D eigenvalue weighted by Crippen LogP contribution is 2.24. The molecule has 1 heterocycles. The summed E-state index contributed by atoms with van der Waals surface area (Å²) in [7, 11) is 2.72. The van der Waals surface area contributed by atoms with Crippen LogP contribution in [0.4, 0.5) is 0 Å². The van der Waals surface area contributed by atoms with E-state index in [2.05, 4.69) is 0 Å². The zero-order chi connectivity index (χ0) is 14.9. The zero-order valence-corrected chi connectivity index (χ0v) is 11.5. The number of ether oxygens (including phenoxy) is 1. The number of nitriles is 1. The molecule has 6 nitrogen and oxygen atoms in total.